The summed E-state index contributed by atoms with van der Waals surface area (Å²) >= 11 is 0. The van der Waals surface area contributed by atoms with Gasteiger partial charge in [-0.25, -0.2) is 0 Å². The van der Waals surface area contributed by atoms with Crippen molar-refractivity contribution in [3.05, 3.63) is 90.5 Å². The van der Waals surface area contributed by atoms with Crippen molar-refractivity contribution in [3.63, 3.8) is 0 Å². The molecule has 0 saturated heterocycles. The largest absolute Gasteiger partial charge is 0.494 e. The Hall–Kier alpha value is -3.73. The van der Waals surface area contributed by atoms with Crippen LogP contribution in [0.2, 0.25) is 0 Å². The molecule has 154 valence electrons. The van der Waals surface area contributed by atoms with E-state index in [4.69, 9.17) is 14.2 Å². The summed E-state index contributed by atoms with van der Waals surface area (Å²) in [5.74, 6) is 2.15. The molecule has 0 spiro atoms. The van der Waals surface area contributed by atoms with Crippen LogP contribution in [-0.2, 0) is 4.79 Å². The van der Waals surface area contributed by atoms with Gasteiger partial charge in [0.25, 0.3) is 0 Å². The first-order chi connectivity index (χ1) is 14.7. The summed E-state index contributed by atoms with van der Waals surface area (Å²) in [5, 5.41) is 2.83. The fourth-order valence-corrected chi connectivity index (χ4v) is 2.67. The average molecular weight is 403 g/mol. The molecule has 5 heteroatoms. The van der Waals surface area contributed by atoms with E-state index in [9.17, 15) is 4.79 Å². The van der Waals surface area contributed by atoms with Crippen molar-refractivity contribution in [1.82, 2.24) is 0 Å². The lowest BCUT2D eigenvalue weighted by molar-refractivity contribution is -0.111. The number of amides is 1. The molecule has 3 aromatic carbocycles. The second-order valence-electron chi connectivity index (χ2n) is 6.36. The Kier molecular flexibility index (Phi) is 7.92. The molecule has 0 aromatic heterocycles. The SMILES string of the molecule is CCOc1ccc(/C=C/C(=O)Nc2ccc(OCCOc3ccccc3)cc2)cc1. The lowest BCUT2D eigenvalue weighted by atomic mass is 10.2. The molecule has 0 saturated carbocycles. The first-order valence-corrected chi connectivity index (χ1v) is 9.85. The smallest absolute Gasteiger partial charge is 0.248 e. The fourth-order valence-electron chi connectivity index (χ4n) is 2.67. The maximum absolute atomic E-state index is 12.1. The molecule has 1 amide bonds. The number of carbonyl (C=O) groups is 1. The Labute approximate surface area is 176 Å². The molecule has 0 unspecified atom stereocenters. The highest BCUT2D eigenvalue weighted by atomic mass is 16.5. The summed E-state index contributed by atoms with van der Waals surface area (Å²) in [7, 11) is 0. The molecule has 0 heterocycles. The van der Waals surface area contributed by atoms with Gasteiger partial charge >= 0.3 is 0 Å². The number of ether oxygens (including phenoxy) is 3. The van der Waals surface area contributed by atoms with E-state index in [1.54, 1.807) is 18.2 Å². The molecule has 30 heavy (non-hydrogen) atoms. The molecule has 0 aliphatic carbocycles. The van der Waals surface area contributed by atoms with Gasteiger partial charge in [-0.2, -0.15) is 0 Å². The summed E-state index contributed by atoms with van der Waals surface area (Å²) < 4.78 is 16.7. The van der Waals surface area contributed by atoms with Gasteiger partial charge in [-0.05, 0) is 67.1 Å². The molecular formula is C25H25NO4. The normalized spacial score (nSPS) is 10.6. The van der Waals surface area contributed by atoms with Crippen molar-refractivity contribution >= 4 is 17.7 Å². The van der Waals surface area contributed by atoms with E-state index in [-0.39, 0.29) is 5.91 Å². The van der Waals surface area contributed by atoms with Crippen LogP contribution in [0.3, 0.4) is 0 Å². The van der Waals surface area contributed by atoms with Gasteiger partial charge < -0.3 is 19.5 Å². The number of anilines is 1. The third-order valence-electron chi connectivity index (χ3n) is 4.10. The number of hydrogen-bond acceptors (Lipinski definition) is 4. The van der Waals surface area contributed by atoms with Crippen LogP contribution in [-0.4, -0.2) is 25.7 Å². The van der Waals surface area contributed by atoms with Crippen LogP contribution in [0.15, 0.2) is 84.9 Å². The molecule has 3 aromatic rings. The Bertz CT molecular complexity index is 935. The first kappa shape index (κ1) is 21.0. The third-order valence-corrected chi connectivity index (χ3v) is 4.10. The minimum Gasteiger partial charge on any atom is -0.494 e. The second-order valence-corrected chi connectivity index (χ2v) is 6.36. The van der Waals surface area contributed by atoms with Crippen LogP contribution in [0.25, 0.3) is 6.08 Å². The molecule has 5 nitrogen and oxygen atoms in total. The Morgan fingerprint density at radius 3 is 1.97 bits per heavy atom. The van der Waals surface area contributed by atoms with Crippen molar-refractivity contribution in [2.75, 3.05) is 25.1 Å². The minimum atomic E-state index is -0.200. The molecule has 1 N–H and O–H groups in total. The second kappa shape index (κ2) is 11.3. The molecule has 0 aliphatic rings. The molecule has 0 radical (unpaired) electrons. The van der Waals surface area contributed by atoms with Gasteiger partial charge in [-0.1, -0.05) is 30.3 Å². The van der Waals surface area contributed by atoms with Gasteiger partial charge in [0.1, 0.15) is 30.5 Å². The van der Waals surface area contributed by atoms with Crippen LogP contribution in [0.5, 0.6) is 17.2 Å². The van der Waals surface area contributed by atoms with Crippen molar-refractivity contribution in [2.24, 2.45) is 0 Å². The molecule has 3 rings (SSSR count). The lowest BCUT2D eigenvalue weighted by Gasteiger charge is -2.09. The summed E-state index contributed by atoms with van der Waals surface area (Å²) in [4.78, 5) is 12.1. The Balaban J connectivity index is 1.41. The monoisotopic (exact) mass is 403 g/mol. The molecule has 0 atom stereocenters. The number of carbonyl (C=O) groups excluding carboxylic acids is 1. The predicted octanol–water partition coefficient (Wildman–Crippen LogP) is 5.20. The molecule has 0 bridgehead atoms. The highest BCUT2D eigenvalue weighted by molar-refractivity contribution is 6.01. The van der Waals surface area contributed by atoms with Crippen LogP contribution in [0.1, 0.15) is 12.5 Å². The number of hydrogen-bond donors (Lipinski definition) is 1. The van der Waals surface area contributed by atoms with E-state index < -0.39 is 0 Å². The average Bonchev–Trinajstić information content (AvgIpc) is 2.78. The Morgan fingerprint density at radius 1 is 0.767 bits per heavy atom. The van der Waals surface area contributed by atoms with E-state index in [0.29, 0.717) is 25.5 Å². The van der Waals surface area contributed by atoms with Gasteiger partial charge in [0.15, 0.2) is 0 Å². The van der Waals surface area contributed by atoms with Gasteiger partial charge in [0, 0.05) is 11.8 Å². The summed E-state index contributed by atoms with van der Waals surface area (Å²) in [6.07, 6.45) is 3.26. The number of para-hydroxylation sites is 1. The fraction of sp³-hybridized carbons (Fsp3) is 0.160. The quantitative estimate of drug-likeness (QED) is 0.374. The standard InChI is InChI=1S/C25H25NO4/c1-2-28-23-13-8-20(9-14-23)10-17-25(27)26-21-11-15-24(16-12-21)30-19-18-29-22-6-4-3-5-7-22/h3-17H,2,18-19H2,1H3,(H,26,27)/b17-10+. The molecule has 0 aliphatic heterocycles. The lowest BCUT2D eigenvalue weighted by Crippen LogP contribution is -2.09. The van der Waals surface area contributed by atoms with Crippen molar-refractivity contribution < 1.29 is 19.0 Å². The van der Waals surface area contributed by atoms with E-state index in [1.807, 2.05) is 73.7 Å². The first-order valence-electron chi connectivity index (χ1n) is 9.85. The third kappa shape index (κ3) is 7.02. The van der Waals surface area contributed by atoms with E-state index in [1.165, 1.54) is 6.08 Å². The highest BCUT2D eigenvalue weighted by Crippen LogP contribution is 2.17. The van der Waals surface area contributed by atoms with E-state index in [0.717, 1.165) is 22.8 Å². The topological polar surface area (TPSA) is 56.8 Å². The van der Waals surface area contributed by atoms with Crippen LogP contribution < -0.4 is 19.5 Å². The molecular weight excluding hydrogens is 378 g/mol. The van der Waals surface area contributed by atoms with Gasteiger partial charge in [0.05, 0.1) is 6.61 Å². The van der Waals surface area contributed by atoms with E-state index in [2.05, 4.69) is 5.32 Å². The molecule has 0 fully saturated rings. The number of rotatable bonds is 10. The van der Waals surface area contributed by atoms with Crippen LogP contribution in [0.4, 0.5) is 5.69 Å². The van der Waals surface area contributed by atoms with E-state index >= 15 is 0 Å². The highest BCUT2D eigenvalue weighted by Gasteiger charge is 2.00. The van der Waals surface area contributed by atoms with Gasteiger partial charge in [-0.3, -0.25) is 4.79 Å². The Morgan fingerprint density at radius 2 is 1.33 bits per heavy atom. The van der Waals surface area contributed by atoms with Crippen molar-refractivity contribution in [2.45, 2.75) is 6.92 Å². The number of nitrogens with one attached hydrogen (secondary N) is 1. The predicted molar refractivity (Wildman–Crippen MR) is 119 cm³/mol. The van der Waals surface area contributed by atoms with Crippen molar-refractivity contribution in [3.8, 4) is 17.2 Å². The summed E-state index contributed by atoms with van der Waals surface area (Å²) in [6, 6.07) is 24.4. The number of benzene rings is 3. The zero-order valence-corrected chi connectivity index (χ0v) is 16.9. The zero-order valence-electron chi connectivity index (χ0n) is 16.9. The van der Waals surface area contributed by atoms with Crippen LogP contribution >= 0.6 is 0 Å². The maximum atomic E-state index is 12.1. The maximum Gasteiger partial charge on any atom is 0.248 e. The van der Waals surface area contributed by atoms with Gasteiger partial charge in [0.2, 0.25) is 5.91 Å². The van der Waals surface area contributed by atoms with Gasteiger partial charge in [-0.15, -0.1) is 0 Å². The van der Waals surface area contributed by atoms with Crippen LogP contribution in [0, 0.1) is 0 Å². The summed E-state index contributed by atoms with van der Waals surface area (Å²) in [6.45, 7) is 3.46. The summed E-state index contributed by atoms with van der Waals surface area (Å²) in [5.41, 5.74) is 1.62. The minimum absolute atomic E-state index is 0.200. The zero-order chi connectivity index (χ0) is 21.0. The van der Waals surface area contributed by atoms with Crippen molar-refractivity contribution in [1.29, 1.82) is 0 Å².